The van der Waals surface area contributed by atoms with Crippen molar-refractivity contribution in [2.75, 3.05) is 5.73 Å². The van der Waals surface area contributed by atoms with Crippen molar-refractivity contribution in [1.82, 2.24) is 9.97 Å². The van der Waals surface area contributed by atoms with Crippen LogP contribution >= 0.6 is 23.8 Å². The Morgan fingerprint density at radius 1 is 1.19 bits per heavy atom. The van der Waals surface area contributed by atoms with E-state index in [9.17, 15) is 4.79 Å². The van der Waals surface area contributed by atoms with Gasteiger partial charge in [-0.2, -0.15) is 0 Å². The first-order chi connectivity index (χ1) is 7.58. The number of rotatable bonds is 1. The lowest BCUT2D eigenvalue weighted by atomic mass is 10.1. The molecule has 2 aromatic rings. The molecule has 0 atom stereocenters. The normalized spacial score (nSPS) is 10.3. The first-order valence-electron chi connectivity index (χ1n) is 4.46. The topological polar surface area (TPSA) is 74.7 Å². The predicted octanol–water partition coefficient (Wildman–Crippen LogP) is 2.34. The van der Waals surface area contributed by atoms with Gasteiger partial charge in [0.1, 0.15) is 5.82 Å². The van der Waals surface area contributed by atoms with E-state index in [2.05, 4.69) is 9.97 Å². The number of benzene rings is 1. The van der Waals surface area contributed by atoms with Gasteiger partial charge in [-0.05, 0) is 29.9 Å². The van der Waals surface area contributed by atoms with Crippen LogP contribution in [-0.4, -0.2) is 9.97 Å². The lowest BCUT2D eigenvalue weighted by molar-refractivity contribution is 1.10. The largest absolute Gasteiger partial charge is 0.385 e. The minimum Gasteiger partial charge on any atom is -0.385 e. The van der Waals surface area contributed by atoms with Crippen molar-refractivity contribution in [2.45, 2.75) is 0 Å². The molecule has 82 valence electrons. The summed E-state index contributed by atoms with van der Waals surface area (Å²) in [4.78, 5) is 16.9. The van der Waals surface area contributed by atoms with Gasteiger partial charge in [-0.1, -0.05) is 23.7 Å². The SMILES string of the molecule is Nc1[nH]c(=S)[nH]c(=O)c1-c1ccc(Cl)cc1. The summed E-state index contributed by atoms with van der Waals surface area (Å²) < 4.78 is 0.209. The molecule has 0 aliphatic heterocycles. The number of H-pyrrole nitrogens is 2. The van der Waals surface area contributed by atoms with E-state index in [1.807, 2.05) is 0 Å². The third-order valence-electron chi connectivity index (χ3n) is 2.10. The van der Waals surface area contributed by atoms with E-state index in [0.29, 0.717) is 16.1 Å². The van der Waals surface area contributed by atoms with Gasteiger partial charge >= 0.3 is 0 Å². The fourth-order valence-electron chi connectivity index (χ4n) is 1.41. The van der Waals surface area contributed by atoms with Crippen LogP contribution in [0.1, 0.15) is 0 Å². The molecule has 0 saturated heterocycles. The molecule has 0 amide bonds. The van der Waals surface area contributed by atoms with Crippen LogP contribution in [0.2, 0.25) is 5.02 Å². The molecule has 4 nitrogen and oxygen atoms in total. The third-order valence-corrected chi connectivity index (χ3v) is 2.56. The number of hydrogen-bond acceptors (Lipinski definition) is 3. The van der Waals surface area contributed by atoms with Gasteiger partial charge in [-0.3, -0.25) is 9.78 Å². The highest BCUT2D eigenvalue weighted by Gasteiger charge is 2.07. The van der Waals surface area contributed by atoms with Crippen molar-refractivity contribution in [1.29, 1.82) is 0 Å². The Labute approximate surface area is 101 Å². The zero-order valence-electron chi connectivity index (χ0n) is 8.08. The fourth-order valence-corrected chi connectivity index (χ4v) is 1.74. The molecule has 16 heavy (non-hydrogen) atoms. The van der Waals surface area contributed by atoms with E-state index in [1.165, 1.54) is 0 Å². The van der Waals surface area contributed by atoms with Crippen molar-refractivity contribution >= 4 is 29.6 Å². The molecule has 0 bridgehead atoms. The molecule has 0 radical (unpaired) electrons. The van der Waals surface area contributed by atoms with E-state index in [1.54, 1.807) is 24.3 Å². The number of nitrogen functional groups attached to an aromatic ring is 1. The number of anilines is 1. The van der Waals surface area contributed by atoms with E-state index in [0.717, 1.165) is 0 Å². The van der Waals surface area contributed by atoms with E-state index < -0.39 is 0 Å². The molecule has 1 aromatic carbocycles. The molecule has 6 heteroatoms. The predicted molar refractivity (Wildman–Crippen MR) is 67.1 cm³/mol. The molecule has 0 fully saturated rings. The lowest BCUT2D eigenvalue weighted by Crippen LogP contribution is -2.13. The Hall–Kier alpha value is -1.59. The van der Waals surface area contributed by atoms with Crippen molar-refractivity contribution < 1.29 is 0 Å². The number of aromatic amines is 2. The zero-order valence-corrected chi connectivity index (χ0v) is 9.65. The van der Waals surface area contributed by atoms with Crippen molar-refractivity contribution in [3.05, 3.63) is 44.4 Å². The first kappa shape index (κ1) is 10.9. The second kappa shape index (κ2) is 4.11. The van der Waals surface area contributed by atoms with E-state index >= 15 is 0 Å². The molecule has 0 aliphatic rings. The fraction of sp³-hybridized carbons (Fsp3) is 0. The van der Waals surface area contributed by atoms with Crippen molar-refractivity contribution in [2.24, 2.45) is 0 Å². The number of nitrogens with one attached hydrogen (secondary N) is 2. The first-order valence-corrected chi connectivity index (χ1v) is 5.24. The monoisotopic (exact) mass is 253 g/mol. The second-order valence-corrected chi connectivity index (χ2v) is 4.05. The van der Waals surface area contributed by atoms with Crippen LogP contribution in [0.4, 0.5) is 5.82 Å². The van der Waals surface area contributed by atoms with Gasteiger partial charge < -0.3 is 10.7 Å². The second-order valence-electron chi connectivity index (χ2n) is 3.20. The van der Waals surface area contributed by atoms with Gasteiger partial charge in [0, 0.05) is 5.02 Å². The quantitative estimate of drug-likeness (QED) is 0.683. The Kier molecular flexibility index (Phi) is 2.80. The van der Waals surface area contributed by atoms with Crippen LogP contribution in [0.15, 0.2) is 29.1 Å². The van der Waals surface area contributed by atoms with E-state index in [-0.39, 0.29) is 16.1 Å². The maximum Gasteiger partial charge on any atom is 0.261 e. The van der Waals surface area contributed by atoms with Crippen LogP contribution in [-0.2, 0) is 0 Å². The van der Waals surface area contributed by atoms with Crippen LogP contribution in [0.3, 0.4) is 0 Å². The van der Waals surface area contributed by atoms with Crippen LogP contribution in [0.5, 0.6) is 0 Å². The molecule has 1 aromatic heterocycles. The van der Waals surface area contributed by atoms with Gasteiger partial charge in [0.15, 0.2) is 4.77 Å². The maximum absolute atomic E-state index is 11.7. The van der Waals surface area contributed by atoms with Gasteiger partial charge in [-0.15, -0.1) is 0 Å². The summed E-state index contributed by atoms with van der Waals surface area (Å²) in [5.74, 6) is 0.246. The molecule has 4 N–H and O–H groups in total. The molecular weight excluding hydrogens is 246 g/mol. The number of halogens is 1. The smallest absolute Gasteiger partial charge is 0.261 e. The standard InChI is InChI=1S/C10H8ClN3OS/c11-6-3-1-5(2-4-6)7-8(12)13-10(16)14-9(7)15/h1-4H,(H4,12,13,14,15,16). The van der Waals surface area contributed by atoms with Crippen molar-refractivity contribution in [3.63, 3.8) is 0 Å². The Balaban J connectivity index is 2.69. The van der Waals surface area contributed by atoms with Crippen LogP contribution in [0, 0.1) is 4.77 Å². The average molecular weight is 254 g/mol. The molecule has 1 heterocycles. The maximum atomic E-state index is 11.7. The zero-order chi connectivity index (χ0) is 11.7. The molecule has 0 spiro atoms. The highest BCUT2D eigenvalue weighted by molar-refractivity contribution is 7.71. The van der Waals surface area contributed by atoms with Gasteiger partial charge in [-0.25, -0.2) is 0 Å². The molecule has 2 rings (SSSR count). The van der Waals surface area contributed by atoms with Gasteiger partial charge in [0.2, 0.25) is 0 Å². The van der Waals surface area contributed by atoms with Gasteiger partial charge in [0.05, 0.1) is 5.56 Å². The minimum atomic E-state index is -0.316. The Bertz CT molecular complexity index is 630. The summed E-state index contributed by atoms with van der Waals surface area (Å²) in [6.45, 7) is 0. The Morgan fingerprint density at radius 3 is 2.38 bits per heavy atom. The van der Waals surface area contributed by atoms with Gasteiger partial charge in [0.25, 0.3) is 5.56 Å². The average Bonchev–Trinajstić information content (AvgIpc) is 2.19. The molecule has 0 aliphatic carbocycles. The summed E-state index contributed by atoms with van der Waals surface area (Å²) in [6.07, 6.45) is 0. The third kappa shape index (κ3) is 2.00. The highest BCUT2D eigenvalue weighted by Crippen LogP contribution is 2.21. The summed E-state index contributed by atoms with van der Waals surface area (Å²) >= 11 is 10.6. The van der Waals surface area contributed by atoms with Crippen LogP contribution in [0.25, 0.3) is 11.1 Å². The van der Waals surface area contributed by atoms with Crippen LogP contribution < -0.4 is 11.3 Å². The highest BCUT2D eigenvalue weighted by atomic mass is 35.5. The molecule has 0 saturated carbocycles. The number of nitrogens with two attached hydrogens (primary N) is 1. The summed E-state index contributed by atoms with van der Waals surface area (Å²) in [6, 6.07) is 6.83. The summed E-state index contributed by atoms with van der Waals surface area (Å²) in [5, 5.41) is 0.600. The number of hydrogen-bond donors (Lipinski definition) is 3. The van der Waals surface area contributed by atoms with E-state index in [4.69, 9.17) is 29.6 Å². The summed E-state index contributed by atoms with van der Waals surface area (Å²) in [5.41, 5.74) is 6.46. The molecular formula is C10H8ClN3OS. The number of aromatic nitrogens is 2. The molecule has 0 unspecified atom stereocenters. The lowest BCUT2D eigenvalue weighted by Gasteiger charge is -2.04. The minimum absolute atomic E-state index is 0.209. The summed E-state index contributed by atoms with van der Waals surface area (Å²) in [7, 11) is 0. The Morgan fingerprint density at radius 2 is 1.81 bits per heavy atom. The van der Waals surface area contributed by atoms with Crippen molar-refractivity contribution in [3.8, 4) is 11.1 Å².